The molecule has 1 amide bonds. The molecule has 1 aromatic carbocycles. The third-order valence-corrected chi connectivity index (χ3v) is 4.98. The highest BCUT2D eigenvalue weighted by molar-refractivity contribution is 7.03. The second-order valence-corrected chi connectivity index (χ2v) is 6.92. The van der Waals surface area contributed by atoms with E-state index in [4.69, 9.17) is 0 Å². The number of carbonyl (C=O) groups excluding carboxylic acids is 1. The van der Waals surface area contributed by atoms with Gasteiger partial charge in [-0.15, -0.1) is 5.10 Å². The normalized spacial score (nSPS) is 18.5. The Kier molecular flexibility index (Phi) is 5.93. The van der Waals surface area contributed by atoms with Crippen molar-refractivity contribution in [2.24, 2.45) is 0 Å². The minimum Gasteiger partial charge on any atom is -0.333 e. The molecular weight excluding hydrogens is 320 g/mol. The zero-order valence-electron chi connectivity index (χ0n) is 14.1. The Bertz CT molecular complexity index is 632. The van der Waals surface area contributed by atoms with Gasteiger partial charge in [0.25, 0.3) is 5.91 Å². The summed E-state index contributed by atoms with van der Waals surface area (Å²) in [5.41, 5.74) is 1.81. The van der Waals surface area contributed by atoms with E-state index >= 15 is 0 Å². The third-order valence-electron chi connectivity index (χ3n) is 4.47. The SMILES string of the molecule is CCCN(C(=O)c1csnn1)C1CCCN(Cc2ccccc2)C1. The van der Waals surface area contributed by atoms with Crippen LogP contribution in [0.15, 0.2) is 35.7 Å². The lowest BCUT2D eigenvalue weighted by atomic mass is 10.0. The summed E-state index contributed by atoms with van der Waals surface area (Å²) in [5.74, 6) is 0.0251. The van der Waals surface area contributed by atoms with E-state index in [1.165, 1.54) is 17.1 Å². The van der Waals surface area contributed by atoms with Crippen molar-refractivity contribution < 1.29 is 4.79 Å². The van der Waals surface area contributed by atoms with Crippen molar-refractivity contribution in [2.45, 2.75) is 38.8 Å². The molecule has 5 nitrogen and oxygen atoms in total. The van der Waals surface area contributed by atoms with Crippen molar-refractivity contribution in [3.8, 4) is 0 Å². The Labute approximate surface area is 147 Å². The first-order valence-corrected chi connectivity index (χ1v) is 9.46. The van der Waals surface area contributed by atoms with Crippen LogP contribution in [0.5, 0.6) is 0 Å². The summed E-state index contributed by atoms with van der Waals surface area (Å²) < 4.78 is 3.84. The minimum atomic E-state index is 0.0251. The van der Waals surface area contributed by atoms with Gasteiger partial charge < -0.3 is 4.90 Å². The second kappa shape index (κ2) is 8.35. The Balaban J connectivity index is 1.67. The Morgan fingerprint density at radius 1 is 1.38 bits per heavy atom. The molecule has 2 aromatic rings. The first-order chi connectivity index (χ1) is 11.8. The fourth-order valence-corrected chi connectivity index (χ4v) is 3.80. The van der Waals surface area contributed by atoms with Crippen LogP contribution in [0.2, 0.25) is 0 Å². The van der Waals surface area contributed by atoms with E-state index in [1.54, 1.807) is 5.38 Å². The fraction of sp³-hybridized carbons (Fsp3) is 0.500. The van der Waals surface area contributed by atoms with Crippen LogP contribution in [0.3, 0.4) is 0 Å². The number of aromatic nitrogens is 2. The lowest BCUT2D eigenvalue weighted by Crippen LogP contribution is -2.50. The lowest BCUT2D eigenvalue weighted by Gasteiger charge is -2.39. The molecule has 2 heterocycles. The van der Waals surface area contributed by atoms with Crippen LogP contribution >= 0.6 is 11.5 Å². The van der Waals surface area contributed by atoms with Crippen LogP contribution in [-0.2, 0) is 6.54 Å². The molecular formula is C18H24N4OS. The molecule has 1 atom stereocenters. The molecule has 1 aromatic heterocycles. The maximum absolute atomic E-state index is 12.8. The summed E-state index contributed by atoms with van der Waals surface area (Å²) in [5, 5.41) is 5.71. The van der Waals surface area contributed by atoms with Crippen molar-refractivity contribution in [1.82, 2.24) is 19.4 Å². The van der Waals surface area contributed by atoms with Gasteiger partial charge in [0, 0.05) is 31.1 Å². The van der Waals surface area contributed by atoms with Gasteiger partial charge in [-0.05, 0) is 42.9 Å². The molecule has 0 bridgehead atoms. The molecule has 3 rings (SSSR count). The van der Waals surface area contributed by atoms with Gasteiger partial charge in [0.1, 0.15) is 0 Å². The number of carbonyl (C=O) groups is 1. The summed E-state index contributed by atoms with van der Waals surface area (Å²) in [6, 6.07) is 10.8. The average molecular weight is 344 g/mol. The van der Waals surface area contributed by atoms with Crippen molar-refractivity contribution in [3.63, 3.8) is 0 Å². The molecule has 6 heteroatoms. The zero-order chi connectivity index (χ0) is 16.8. The molecule has 1 aliphatic heterocycles. The number of hydrogen-bond acceptors (Lipinski definition) is 5. The monoisotopic (exact) mass is 344 g/mol. The van der Waals surface area contributed by atoms with E-state index in [9.17, 15) is 4.79 Å². The number of rotatable bonds is 6. The molecule has 1 fully saturated rings. The molecule has 128 valence electrons. The molecule has 0 spiro atoms. The largest absolute Gasteiger partial charge is 0.333 e. The van der Waals surface area contributed by atoms with Gasteiger partial charge >= 0.3 is 0 Å². The van der Waals surface area contributed by atoms with E-state index in [2.05, 4.69) is 45.7 Å². The molecule has 1 saturated heterocycles. The summed E-state index contributed by atoms with van der Waals surface area (Å²) in [6.07, 6.45) is 3.15. The summed E-state index contributed by atoms with van der Waals surface area (Å²) in [7, 11) is 0. The molecule has 0 aliphatic carbocycles. The van der Waals surface area contributed by atoms with Crippen molar-refractivity contribution >= 4 is 17.4 Å². The molecule has 1 unspecified atom stereocenters. The van der Waals surface area contributed by atoms with Gasteiger partial charge in [0.2, 0.25) is 0 Å². The maximum Gasteiger partial charge on any atom is 0.275 e. The predicted octanol–water partition coefficient (Wildman–Crippen LogP) is 3.05. The van der Waals surface area contributed by atoms with Gasteiger partial charge in [0.05, 0.1) is 0 Å². The fourth-order valence-electron chi connectivity index (χ4n) is 3.37. The van der Waals surface area contributed by atoms with Gasteiger partial charge in [-0.1, -0.05) is 41.7 Å². The molecule has 0 N–H and O–H groups in total. The van der Waals surface area contributed by atoms with Crippen LogP contribution < -0.4 is 0 Å². The first kappa shape index (κ1) is 17.0. The number of likely N-dealkylation sites (tertiary alicyclic amines) is 1. The molecule has 24 heavy (non-hydrogen) atoms. The van der Waals surface area contributed by atoms with Crippen LogP contribution in [0.4, 0.5) is 0 Å². The second-order valence-electron chi connectivity index (χ2n) is 6.31. The molecule has 0 saturated carbocycles. The maximum atomic E-state index is 12.8. The van der Waals surface area contributed by atoms with E-state index < -0.39 is 0 Å². The van der Waals surface area contributed by atoms with Crippen LogP contribution in [0.25, 0.3) is 0 Å². The van der Waals surface area contributed by atoms with E-state index in [0.717, 1.165) is 45.4 Å². The highest BCUT2D eigenvalue weighted by Gasteiger charge is 2.29. The highest BCUT2D eigenvalue weighted by Crippen LogP contribution is 2.20. The number of amides is 1. The molecule has 1 aliphatic rings. The summed E-state index contributed by atoms with van der Waals surface area (Å²) in [6.45, 7) is 5.87. The first-order valence-electron chi connectivity index (χ1n) is 8.62. The number of nitrogens with zero attached hydrogens (tertiary/aromatic N) is 4. The number of piperidine rings is 1. The van der Waals surface area contributed by atoms with Crippen LogP contribution in [0.1, 0.15) is 42.2 Å². The van der Waals surface area contributed by atoms with Gasteiger partial charge in [-0.3, -0.25) is 9.69 Å². The summed E-state index contributed by atoms with van der Waals surface area (Å²) >= 11 is 1.23. The topological polar surface area (TPSA) is 49.3 Å². The smallest absolute Gasteiger partial charge is 0.275 e. The zero-order valence-corrected chi connectivity index (χ0v) is 14.9. The van der Waals surface area contributed by atoms with Crippen molar-refractivity contribution in [3.05, 3.63) is 47.0 Å². The van der Waals surface area contributed by atoms with Gasteiger partial charge in [0.15, 0.2) is 5.69 Å². The van der Waals surface area contributed by atoms with Gasteiger partial charge in [-0.2, -0.15) is 0 Å². The van der Waals surface area contributed by atoms with E-state index in [0.29, 0.717) is 5.69 Å². The Morgan fingerprint density at radius 2 is 2.21 bits per heavy atom. The summed E-state index contributed by atoms with van der Waals surface area (Å²) in [4.78, 5) is 17.2. The predicted molar refractivity (Wildman–Crippen MR) is 96.0 cm³/mol. The Morgan fingerprint density at radius 3 is 2.92 bits per heavy atom. The van der Waals surface area contributed by atoms with E-state index in [-0.39, 0.29) is 11.9 Å². The van der Waals surface area contributed by atoms with Crippen LogP contribution in [0, 0.1) is 0 Å². The van der Waals surface area contributed by atoms with E-state index in [1.807, 2.05) is 11.0 Å². The molecule has 0 radical (unpaired) electrons. The van der Waals surface area contributed by atoms with Crippen molar-refractivity contribution in [2.75, 3.05) is 19.6 Å². The number of benzene rings is 1. The van der Waals surface area contributed by atoms with Gasteiger partial charge in [-0.25, -0.2) is 0 Å². The number of hydrogen-bond donors (Lipinski definition) is 0. The quantitative estimate of drug-likeness (QED) is 0.808. The lowest BCUT2D eigenvalue weighted by molar-refractivity contribution is 0.0529. The van der Waals surface area contributed by atoms with Crippen molar-refractivity contribution in [1.29, 1.82) is 0 Å². The average Bonchev–Trinajstić information content (AvgIpc) is 3.15. The Hall–Kier alpha value is -1.79. The highest BCUT2D eigenvalue weighted by atomic mass is 32.1. The third kappa shape index (κ3) is 4.19. The van der Waals surface area contributed by atoms with Crippen LogP contribution in [-0.4, -0.2) is 51.0 Å². The standard InChI is InChI=1S/C18H24N4OS/c1-2-10-22(18(23)17-14-24-20-19-17)16-9-6-11-21(13-16)12-15-7-4-3-5-8-15/h3-5,7-8,14,16H,2,6,9-13H2,1H3. The minimum absolute atomic E-state index is 0.0251.